The highest BCUT2D eigenvalue weighted by Crippen LogP contribution is 2.47. The fraction of sp³-hybridized carbons (Fsp3) is 0.625. The smallest absolute Gasteiger partial charge is 0.0867 e. The van der Waals surface area contributed by atoms with E-state index in [-0.39, 0.29) is 11.5 Å². The molecular formula is C16H24ClNO2. The SMILES string of the molecule is COCC(C)(O)CC(N)C1(c2ccc(Cl)cc2)CCC1. The minimum atomic E-state index is -0.886. The van der Waals surface area contributed by atoms with E-state index in [4.69, 9.17) is 22.1 Å². The second-order valence-corrected chi connectivity index (χ2v) is 6.69. The quantitative estimate of drug-likeness (QED) is 0.849. The molecule has 3 N–H and O–H groups in total. The average Bonchev–Trinajstić information content (AvgIpc) is 2.29. The third-order valence-corrected chi connectivity index (χ3v) is 4.74. The van der Waals surface area contributed by atoms with Gasteiger partial charge < -0.3 is 15.6 Å². The van der Waals surface area contributed by atoms with Crippen molar-refractivity contribution >= 4 is 11.6 Å². The average molecular weight is 298 g/mol. The zero-order chi connectivity index (χ0) is 14.8. The van der Waals surface area contributed by atoms with Gasteiger partial charge in [0.1, 0.15) is 0 Å². The van der Waals surface area contributed by atoms with E-state index >= 15 is 0 Å². The Morgan fingerprint density at radius 3 is 2.45 bits per heavy atom. The fourth-order valence-electron chi connectivity index (χ4n) is 3.25. The van der Waals surface area contributed by atoms with Crippen LogP contribution in [-0.4, -0.2) is 30.5 Å². The van der Waals surface area contributed by atoms with Crippen LogP contribution in [0.1, 0.15) is 38.2 Å². The summed E-state index contributed by atoms with van der Waals surface area (Å²) in [5.74, 6) is 0. The molecule has 0 aromatic heterocycles. The maximum absolute atomic E-state index is 10.3. The molecule has 4 heteroatoms. The first-order chi connectivity index (χ1) is 9.39. The molecule has 112 valence electrons. The van der Waals surface area contributed by atoms with Crippen LogP contribution in [0, 0.1) is 0 Å². The number of aliphatic hydroxyl groups is 1. The molecule has 2 rings (SSSR count). The molecule has 0 aliphatic heterocycles. The van der Waals surface area contributed by atoms with E-state index in [0.29, 0.717) is 13.0 Å². The van der Waals surface area contributed by atoms with Crippen LogP contribution in [0.3, 0.4) is 0 Å². The zero-order valence-corrected chi connectivity index (χ0v) is 13.0. The standard InChI is InChI=1S/C16H24ClNO2/c1-15(19,11-20-2)10-14(18)16(8-3-9-16)12-4-6-13(17)7-5-12/h4-7,14,19H,3,8-11,18H2,1-2H3. The summed E-state index contributed by atoms with van der Waals surface area (Å²) >= 11 is 5.96. The van der Waals surface area contributed by atoms with Gasteiger partial charge in [-0.15, -0.1) is 0 Å². The van der Waals surface area contributed by atoms with Crippen molar-refractivity contribution in [1.82, 2.24) is 0 Å². The van der Waals surface area contributed by atoms with E-state index in [1.54, 1.807) is 14.0 Å². The molecular weight excluding hydrogens is 274 g/mol. The van der Waals surface area contributed by atoms with E-state index in [9.17, 15) is 5.11 Å². The summed E-state index contributed by atoms with van der Waals surface area (Å²) in [5, 5.41) is 11.1. The third kappa shape index (κ3) is 3.17. The molecule has 1 aliphatic carbocycles. The highest BCUT2D eigenvalue weighted by Gasteiger charge is 2.45. The molecule has 0 saturated heterocycles. The first kappa shape index (κ1) is 15.8. The Morgan fingerprint density at radius 2 is 2.00 bits per heavy atom. The summed E-state index contributed by atoms with van der Waals surface area (Å²) in [6, 6.07) is 7.87. The number of halogens is 1. The molecule has 1 aromatic carbocycles. The van der Waals surface area contributed by atoms with E-state index in [0.717, 1.165) is 17.9 Å². The number of nitrogens with two attached hydrogens (primary N) is 1. The molecule has 1 aromatic rings. The van der Waals surface area contributed by atoms with Gasteiger partial charge in [-0.25, -0.2) is 0 Å². The lowest BCUT2D eigenvalue weighted by Crippen LogP contribution is -2.54. The van der Waals surface area contributed by atoms with Crippen LogP contribution in [0.4, 0.5) is 0 Å². The van der Waals surface area contributed by atoms with E-state index in [1.165, 1.54) is 12.0 Å². The first-order valence-electron chi connectivity index (χ1n) is 7.13. The monoisotopic (exact) mass is 297 g/mol. The number of hydrogen-bond donors (Lipinski definition) is 2. The van der Waals surface area contributed by atoms with E-state index < -0.39 is 5.60 Å². The summed E-state index contributed by atoms with van der Waals surface area (Å²) in [6.07, 6.45) is 3.85. The lowest BCUT2D eigenvalue weighted by Gasteiger charge is -2.48. The summed E-state index contributed by atoms with van der Waals surface area (Å²) in [7, 11) is 1.60. The zero-order valence-electron chi connectivity index (χ0n) is 12.2. The van der Waals surface area contributed by atoms with Gasteiger partial charge in [0.2, 0.25) is 0 Å². The maximum Gasteiger partial charge on any atom is 0.0867 e. The van der Waals surface area contributed by atoms with Crippen LogP contribution < -0.4 is 5.73 Å². The lowest BCUT2D eigenvalue weighted by atomic mass is 9.59. The molecule has 0 bridgehead atoms. The predicted octanol–water partition coefficient (Wildman–Crippen LogP) is 2.88. The summed E-state index contributed by atoms with van der Waals surface area (Å²) < 4.78 is 5.07. The Bertz CT molecular complexity index is 440. The van der Waals surface area contributed by atoms with Crippen molar-refractivity contribution in [3.8, 4) is 0 Å². The Morgan fingerprint density at radius 1 is 1.40 bits per heavy atom. The van der Waals surface area contributed by atoms with Crippen molar-refractivity contribution in [2.24, 2.45) is 5.73 Å². The largest absolute Gasteiger partial charge is 0.388 e. The van der Waals surface area contributed by atoms with Gasteiger partial charge in [0, 0.05) is 23.6 Å². The molecule has 2 atom stereocenters. The van der Waals surface area contributed by atoms with Gasteiger partial charge in [0.15, 0.2) is 0 Å². The van der Waals surface area contributed by atoms with Crippen LogP contribution in [-0.2, 0) is 10.2 Å². The van der Waals surface area contributed by atoms with Gasteiger partial charge in [0.25, 0.3) is 0 Å². The van der Waals surface area contributed by atoms with Crippen molar-refractivity contribution in [2.75, 3.05) is 13.7 Å². The van der Waals surface area contributed by atoms with E-state index in [2.05, 4.69) is 12.1 Å². The number of benzene rings is 1. The summed E-state index contributed by atoms with van der Waals surface area (Å²) in [6.45, 7) is 2.09. The summed E-state index contributed by atoms with van der Waals surface area (Å²) in [4.78, 5) is 0. The Kier molecular flexibility index (Phi) is 4.75. The van der Waals surface area contributed by atoms with Gasteiger partial charge in [-0.1, -0.05) is 30.2 Å². The van der Waals surface area contributed by atoms with Crippen molar-refractivity contribution in [2.45, 2.75) is 49.7 Å². The lowest BCUT2D eigenvalue weighted by molar-refractivity contribution is -0.0362. The molecule has 1 saturated carbocycles. The number of rotatable bonds is 6. The second-order valence-electron chi connectivity index (χ2n) is 6.26. The van der Waals surface area contributed by atoms with Crippen molar-refractivity contribution in [1.29, 1.82) is 0 Å². The van der Waals surface area contributed by atoms with Gasteiger partial charge in [-0.3, -0.25) is 0 Å². The molecule has 0 radical (unpaired) electrons. The van der Waals surface area contributed by atoms with Gasteiger partial charge in [0.05, 0.1) is 12.2 Å². The van der Waals surface area contributed by atoms with Crippen molar-refractivity contribution in [3.05, 3.63) is 34.9 Å². The molecule has 2 unspecified atom stereocenters. The highest BCUT2D eigenvalue weighted by molar-refractivity contribution is 6.30. The number of hydrogen-bond acceptors (Lipinski definition) is 3. The van der Waals surface area contributed by atoms with Crippen molar-refractivity contribution < 1.29 is 9.84 Å². The topological polar surface area (TPSA) is 55.5 Å². The second kappa shape index (κ2) is 6.02. The fourth-order valence-corrected chi connectivity index (χ4v) is 3.38. The normalized spacial score (nSPS) is 21.9. The molecule has 0 amide bonds. The van der Waals surface area contributed by atoms with E-state index in [1.807, 2.05) is 12.1 Å². The van der Waals surface area contributed by atoms with Crippen LogP contribution >= 0.6 is 11.6 Å². The Labute approximate surface area is 126 Å². The van der Waals surface area contributed by atoms with Crippen LogP contribution in [0.15, 0.2) is 24.3 Å². The van der Waals surface area contributed by atoms with Crippen LogP contribution in [0.2, 0.25) is 5.02 Å². The van der Waals surface area contributed by atoms with Gasteiger partial charge in [-0.05, 0) is 43.9 Å². The molecule has 1 fully saturated rings. The molecule has 3 nitrogen and oxygen atoms in total. The number of methoxy groups -OCH3 is 1. The Hall–Kier alpha value is -0.610. The van der Waals surface area contributed by atoms with Crippen LogP contribution in [0.5, 0.6) is 0 Å². The third-order valence-electron chi connectivity index (χ3n) is 4.49. The van der Waals surface area contributed by atoms with Gasteiger partial charge >= 0.3 is 0 Å². The first-order valence-corrected chi connectivity index (χ1v) is 7.50. The minimum Gasteiger partial charge on any atom is -0.388 e. The molecule has 20 heavy (non-hydrogen) atoms. The Balaban J connectivity index is 2.16. The summed E-state index contributed by atoms with van der Waals surface area (Å²) in [5.41, 5.74) is 6.77. The van der Waals surface area contributed by atoms with Gasteiger partial charge in [-0.2, -0.15) is 0 Å². The van der Waals surface area contributed by atoms with Crippen molar-refractivity contribution in [3.63, 3.8) is 0 Å². The molecule has 0 spiro atoms. The minimum absolute atomic E-state index is 0.0255. The highest BCUT2D eigenvalue weighted by atomic mass is 35.5. The molecule has 1 aliphatic rings. The number of ether oxygens (including phenoxy) is 1. The molecule has 0 heterocycles. The maximum atomic E-state index is 10.3. The van der Waals surface area contributed by atoms with Crippen LogP contribution in [0.25, 0.3) is 0 Å². The predicted molar refractivity (Wildman–Crippen MR) is 82.1 cm³/mol.